The maximum Gasteiger partial charge on any atom is 0.315 e. The molecule has 0 radical (unpaired) electrons. The van der Waals surface area contributed by atoms with Crippen molar-refractivity contribution in [2.75, 3.05) is 6.61 Å². The summed E-state index contributed by atoms with van der Waals surface area (Å²) in [4.78, 5) is 11.7. The molecule has 0 aromatic heterocycles. The number of hydrogen-bond donors (Lipinski definition) is 0. The highest BCUT2D eigenvalue weighted by molar-refractivity contribution is 5.76. The molecule has 0 N–H and O–H groups in total. The maximum atomic E-state index is 11.7. The molecule has 0 amide bonds. The normalized spacial score (nSPS) is 14.2. The van der Waals surface area contributed by atoms with E-state index in [2.05, 4.69) is 36.4 Å². The largest absolute Gasteiger partial charge is 0.428 e. The topological polar surface area (TPSA) is 35.5 Å². The Morgan fingerprint density at radius 3 is 1.57 bits per heavy atom. The number of hydrogen-bond acceptors (Lipinski definition) is 3. The number of benzene rings is 3. The fourth-order valence-electron chi connectivity index (χ4n) is 3.67. The van der Waals surface area contributed by atoms with Crippen LogP contribution in [0, 0.1) is 0 Å². The Labute approximate surface area is 165 Å². The number of rotatable bonds is 6. The highest BCUT2D eigenvalue weighted by Crippen LogP contribution is 2.41. The van der Waals surface area contributed by atoms with E-state index in [1.807, 2.05) is 61.5 Å². The third kappa shape index (κ3) is 3.37. The van der Waals surface area contributed by atoms with E-state index in [4.69, 9.17) is 9.47 Å². The molecule has 0 fully saturated rings. The van der Waals surface area contributed by atoms with Gasteiger partial charge in [0.25, 0.3) is 0 Å². The fraction of sp³-hybridized carbons (Fsp3) is 0.160. The predicted octanol–water partition coefficient (Wildman–Crippen LogP) is 5.22. The Bertz CT molecular complexity index is 879. The number of esters is 1. The Hall–Kier alpha value is -3.17. The molecule has 3 aromatic carbocycles. The van der Waals surface area contributed by atoms with Gasteiger partial charge in [0.1, 0.15) is 18.0 Å². The molecule has 0 bridgehead atoms. The summed E-state index contributed by atoms with van der Waals surface area (Å²) in [5, 5.41) is 0. The van der Waals surface area contributed by atoms with Crippen LogP contribution in [0.2, 0.25) is 0 Å². The van der Waals surface area contributed by atoms with Crippen LogP contribution in [-0.2, 0) is 19.9 Å². The molecule has 3 nitrogen and oxygen atoms in total. The van der Waals surface area contributed by atoms with Gasteiger partial charge in [-0.3, -0.25) is 4.79 Å². The van der Waals surface area contributed by atoms with Gasteiger partial charge >= 0.3 is 5.97 Å². The molecule has 0 atom stereocenters. The Balaban J connectivity index is 1.86. The van der Waals surface area contributed by atoms with Gasteiger partial charge in [0, 0.05) is 0 Å². The molecule has 4 rings (SSSR count). The van der Waals surface area contributed by atoms with Gasteiger partial charge in [0.2, 0.25) is 0 Å². The van der Waals surface area contributed by atoms with E-state index in [-0.39, 0.29) is 12.6 Å². The maximum absolute atomic E-state index is 11.7. The first-order valence-corrected chi connectivity index (χ1v) is 9.40. The van der Waals surface area contributed by atoms with Crippen molar-refractivity contribution < 1.29 is 14.3 Å². The van der Waals surface area contributed by atoms with Crippen LogP contribution in [0.4, 0.5) is 0 Å². The summed E-state index contributed by atoms with van der Waals surface area (Å²) in [5.74, 6) is 0.387. The van der Waals surface area contributed by atoms with Crippen molar-refractivity contribution in [2.24, 2.45) is 0 Å². The molecular weight excluding hydrogens is 348 g/mol. The Kier molecular flexibility index (Phi) is 5.09. The van der Waals surface area contributed by atoms with Crippen molar-refractivity contribution in [3.8, 4) is 0 Å². The van der Waals surface area contributed by atoms with Gasteiger partial charge in [0.05, 0.1) is 6.42 Å². The van der Waals surface area contributed by atoms with Crippen LogP contribution in [0.15, 0.2) is 102 Å². The van der Waals surface area contributed by atoms with E-state index < -0.39 is 5.60 Å². The summed E-state index contributed by atoms with van der Waals surface area (Å²) >= 11 is 0. The third-order valence-electron chi connectivity index (χ3n) is 5.08. The zero-order valence-electron chi connectivity index (χ0n) is 15.8. The van der Waals surface area contributed by atoms with E-state index >= 15 is 0 Å². The van der Waals surface area contributed by atoms with Gasteiger partial charge in [-0.05, 0) is 29.2 Å². The minimum Gasteiger partial charge on any atom is -0.428 e. The lowest BCUT2D eigenvalue weighted by Gasteiger charge is -2.36. The van der Waals surface area contributed by atoms with Crippen LogP contribution in [-0.4, -0.2) is 12.6 Å². The lowest BCUT2D eigenvalue weighted by molar-refractivity contribution is -0.137. The molecule has 1 heterocycles. The fourth-order valence-corrected chi connectivity index (χ4v) is 3.67. The highest BCUT2D eigenvalue weighted by atomic mass is 16.6. The molecule has 1 aliphatic rings. The van der Waals surface area contributed by atoms with Crippen LogP contribution >= 0.6 is 0 Å². The third-order valence-corrected chi connectivity index (χ3v) is 5.08. The first kappa shape index (κ1) is 18.2. The van der Waals surface area contributed by atoms with Crippen LogP contribution in [0.25, 0.3) is 0 Å². The van der Waals surface area contributed by atoms with Crippen LogP contribution in [0.5, 0.6) is 0 Å². The molecule has 0 saturated heterocycles. The van der Waals surface area contributed by atoms with Gasteiger partial charge in [-0.1, -0.05) is 91.0 Å². The average Bonchev–Trinajstić information content (AvgIpc) is 3.08. The molecule has 140 valence electrons. The number of ether oxygens (including phenoxy) is 2. The number of carbonyl (C=O) groups is 1. The van der Waals surface area contributed by atoms with Crippen molar-refractivity contribution in [1.82, 2.24) is 0 Å². The number of carbonyl (C=O) groups excluding carboxylic acids is 1. The summed E-state index contributed by atoms with van der Waals surface area (Å²) in [6, 6.07) is 30.5. The Morgan fingerprint density at radius 1 is 0.786 bits per heavy atom. The molecule has 3 aromatic rings. The van der Waals surface area contributed by atoms with Crippen molar-refractivity contribution in [3.63, 3.8) is 0 Å². The van der Waals surface area contributed by atoms with Gasteiger partial charge in [-0.25, -0.2) is 0 Å². The SMILES string of the molecule is CC1=C(COC(c2ccccc2)(c2ccccc2)c2ccccc2)OC(=O)C1. The molecule has 3 heteroatoms. The highest BCUT2D eigenvalue weighted by Gasteiger charge is 2.38. The Morgan fingerprint density at radius 2 is 1.21 bits per heavy atom. The molecule has 0 unspecified atom stereocenters. The molecular formula is C25H22O3. The second-order valence-electron chi connectivity index (χ2n) is 6.92. The van der Waals surface area contributed by atoms with E-state index in [9.17, 15) is 4.79 Å². The molecule has 28 heavy (non-hydrogen) atoms. The second kappa shape index (κ2) is 7.83. The quantitative estimate of drug-likeness (QED) is 0.441. The first-order valence-electron chi connectivity index (χ1n) is 9.40. The average molecular weight is 370 g/mol. The van der Waals surface area contributed by atoms with E-state index in [1.54, 1.807) is 0 Å². The zero-order valence-corrected chi connectivity index (χ0v) is 15.8. The standard InChI is InChI=1S/C25H22O3/c1-19-17-24(26)28-23(19)18-27-25(20-11-5-2-6-12-20,21-13-7-3-8-14-21)22-15-9-4-10-16-22/h2-16H,17-18H2,1H3. The second-order valence-corrected chi connectivity index (χ2v) is 6.92. The molecule has 0 saturated carbocycles. The monoisotopic (exact) mass is 370 g/mol. The van der Waals surface area contributed by atoms with Crippen molar-refractivity contribution in [2.45, 2.75) is 18.9 Å². The van der Waals surface area contributed by atoms with Crippen molar-refractivity contribution in [1.29, 1.82) is 0 Å². The zero-order chi connectivity index (χ0) is 19.4. The van der Waals surface area contributed by atoms with Crippen LogP contribution in [0.3, 0.4) is 0 Å². The van der Waals surface area contributed by atoms with Crippen LogP contribution in [0.1, 0.15) is 30.0 Å². The van der Waals surface area contributed by atoms with Crippen molar-refractivity contribution >= 4 is 5.97 Å². The molecule has 1 aliphatic heterocycles. The number of cyclic esters (lactones) is 1. The summed E-state index contributed by atoms with van der Waals surface area (Å²) < 4.78 is 12.0. The first-order chi connectivity index (χ1) is 13.7. The predicted molar refractivity (Wildman–Crippen MR) is 109 cm³/mol. The minimum atomic E-state index is -0.813. The van der Waals surface area contributed by atoms with Gasteiger partial charge in [0.15, 0.2) is 0 Å². The van der Waals surface area contributed by atoms with Gasteiger partial charge in [-0.15, -0.1) is 0 Å². The minimum absolute atomic E-state index is 0.219. The van der Waals surface area contributed by atoms with Crippen LogP contribution < -0.4 is 0 Å². The lowest BCUT2D eigenvalue weighted by Crippen LogP contribution is -2.33. The lowest BCUT2D eigenvalue weighted by atomic mass is 9.80. The van der Waals surface area contributed by atoms with E-state index in [0.29, 0.717) is 12.2 Å². The molecule has 0 spiro atoms. The summed E-state index contributed by atoms with van der Waals surface area (Å²) in [7, 11) is 0. The van der Waals surface area contributed by atoms with E-state index in [1.165, 1.54) is 0 Å². The summed E-state index contributed by atoms with van der Waals surface area (Å²) in [6.07, 6.45) is 0.327. The molecule has 0 aliphatic carbocycles. The smallest absolute Gasteiger partial charge is 0.315 e. The van der Waals surface area contributed by atoms with Gasteiger partial charge < -0.3 is 9.47 Å². The van der Waals surface area contributed by atoms with E-state index in [0.717, 1.165) is 22.3 Å². The van der Waals surface area contributed by atoms with Crippen molar-refractivity contribution in [3.05, 3.63) is 119 Å². The summed E-state index contributed by atoms with van der Waals surface area (Å²) in [5.41, 5.74) is 3.18. The summed E-state index contributed by atoms with van der Waals surface area (Å²) in [6.45, 7) is 2.13. The van der Waals surface area contributed by atoms with Gasteiger partial charge in [-0.2, -0.15) is 0 Å².